The Hall–Kier alpha value is -2.50. The molecule has 3 aromatic rings. The van der Waals surface area contributed by atoms with Gasteiger partial charge in [-0.1, -0.05) is 46.6 Å². The first-order chi connectivity index (χ1) is 12.5. The van der Waals surface area contributed by atoms with Crippen molar-refractivity contribution in [1.82, 2.24) is 9.78 Å². The summed E-state index contributed by atoms with van der Waals surface area (Å²) in [7, 11) is 1.81. The molecule has 1 heterocycles. The van der Waals surface area contributed by atoms with Gasteiger partial charge in [-0.15, -0.1) is 0 Å². The van der Waals surface area contributed by atoms with Crippen molar-refractivity contribution in [3.63, 3.8) is 0 Å². The summed E-state index contributed by atoms with van der Waals surface area (Å²) in [5, 5.41) is 9.70. The third-order valence-corrected chi connectivity index (χ3v) is 4.30. The number of ether oxygens (including phenoxy) is 1. The predicted molar refractivity (Wildman–Crippen MR) is 103 cm³/mol. The average Bonchev–Trinajstić information content (AvgIpc) is 2.88. The number of hydrogen-bond acceptors (Lipinski definition) is 4. The van der Waals surface area contributed by atoms with Crippen molar-refractivity contribution in [2.45, 2.75) is 13.5 Å². The predicted octanol–water partition coefficient (Wildman–Crippen LogP) is 5.38. The third-order valence-electron chi connectivity index (χ3n) is 3.68. The fourth-order valence-electron chi connectivity index (χ4n) is 2.35. The van der Waals surface area contributed by atoms with E-state index in [0.717, 1.165) is 16.8 Å². The molecule has 3 rings (SSSR count). The third kappa shape index (κ3) is 4.36. The molecule has 2 aromatic carbocycles. The Balaban J connectivity index is 1.73. The van der Waals surface area contributed by atoms with Gasteiger partial charge in [0.2, 0.25) is 5.88 Å². The van der Waals surface area contributed by atoms with E-state index in [1.807, 2.05) is 31.2 Å². The number of aryl methyl sites for hydroxylation is 2. The second-order valence-electron chi connectivity index (χ2n) is 5.58. The van der Waals surface area contributed by atoms with Gasteiger partial charge in [0.25, 0.3) is 0 Å². The van der Waals surface area contributed by atoms with E-state index in [-0.39, 0.29) is 6.61 Å². The molecule has 26 heavy (non-hydrogen) atoms. The molecule has 0 bridgehead atoms. The Kier molecular flexibility index (Phi) is 5.81. The van der Waals surface area contributed by atoms with Gasteiger partial charge in [0, 0.05) is 22.7 Å². The number of oxime groups is 1. The molecule has 0 saturated carbocycles. The Morgan fingerprint density at radius 2 is 1.85 bits per heavy atom. The number of rotatable bonds is 6. The van der Waals surface area contributed by atoms with Gasteiger partial charge in [0.15, 0.2) is 0 Å². The summed E-state index contributed by atoms with van der Waals surface area (Å²) in [6, 6.07) is 14.6. The topological polar surface area (TPSA) is 48.6 Å². The molecule has 0 atom stereocenters. The minimum atomic E-state index is 0.281. The standard InChI is InChI=1S/C19H17Cl2N3O2/c1-13-17(11-22-25-12-14-5-3-4-6-18(14)21)19(24(2)23-13)26-16-9-7-15(20)8-10-16/h3-11H,12H2,1-2H3. The molecule has 0 aliphatic carbocycles. The van der Waals surface area contributed by atoms with Crippen LogP contribution in [0.5, 0.6) is 11.6 Å². The summed E-state index contributed by atoms with van der Waals surface area (Å²) in [6.45, 7) is 2.16. The summed E-state index contributed by atoms with van der Waals surface area (Å²) in [5.74, 6) is 1.22. The van der Waals surface area contributed by atoms with E-state index in [1.54, 1.807) is 42.2 Å². The number of hydrogen-bond donors (Lipinski definition) is 0. The molecule has 0 aliphatic rings. The second kappa shape index (κ2) is 8.25. The Labute approximate surface area is 161 Å². The fraction of sp³-hybridized carbons (Fsp3) is 0.158. The molecule has 7 heteroatoms. The summed E-state index contributed by atoms with van der Waals surface area (Å²) >= 11 is 12.0. The molecule has 0 N–H and O–H groups in total. The summed E-state index contributed by atoms with van der Waals surface area (Å²) in [6.07, 6.45) is 1.59. The Morgan fingerprint density at radius 3 is 2.58 bits per heavy atom. The van der Waals surface area contributed by atoms with Crippen LogP contribution in [0.25, 0.3) is 0 Å². The monoisotopic (exact) mass is 389 g/mol. The van der Waals surface area contributed by atoms with Crippen molar-refractivity contribution in [2.24, 2.45) is 12.2 Å². The zero-order valence-electron chi connectivity index (χ0n) is 14.3. The first-order valence-corrected chi connectivity index (χ1v) is 8.66. The van der Waals surface area contributed by atoms with Crippen LogP contribution in [0.4, 0.5) is 0 Å². The maximum atomic E-state index is 6.10. The molecular weight excluding hydrogens is 373 g/mol. The highest BCUT2D eigenvalue weighted by atomic mass is 35.5. The largest absolute Gasteiger partial charge is 0.439 e. The van der Waals surface area contributed by atoms with Gasteiger partial charge in [-0.25, -0.2) is 4.68 Å². The first-order valence-electron chi connectivity index (χ1n) is 7.90. The lowest BCUT2D eigenvalue weighted by Crippen LogP contribution is -1.97. The summed E-state index contributed by atoms with van der Waals surface area (Å²) in [4.78, 5) is 5.36. The first kappa shape index (κ1) is 18.3. The lowest BCUT2D eigenvalue weighted by Gasteiger charge is -2.07. The van der Waals surface area contributed by atoms with E-state index in [2.05, 4.69) is 10.3 Å². The fourth-order valence-corrected chi connectivity index (χ4v) is 2.67. The van der Waals surface area contributed by atoms with Crippen molar-refractivity contribution in [2.75, 3.05) is 0 Å². The van der Waals surface area contributed by atoms with Crippen molar-refractivity contribution < 1.29 is 9.57 Å². The van der Waals surface area contributed by atoms with Crippen molar-refractivity contribution >= 4 is 29.4 Å². The quantitative estimate of drug-likeness (QED) is 0.420. The molecule has 0 radical (unpaired) electrons. The van der Waals surface area contributed by atoms with Crippen molar-refractivity contribution in [1.29, 1.82) is 0 Å². The van der Waals surface area contributed by atoms with Gasteiger partial charge in [0.1, 0.15) is 12.4 Å². The number of halogens is 2. The van der Waals surface area contributed by atoms with Gasteiger partial charge in [0.05, 0.1) is 17.5 Å². The van der Waals surface area contributed by atoms with Gasteiger partial charge < -0.3 is 9.57 Å². The average molecular weight is 390 g/mol. The molecular formula is C19H17Cl2N3O2. The number of aromatic nitrogens is 2. The van der Waals surface area contributed by atoms with E-state index in [1.165, 1.54) is 0 Å². The van der Waals surface area contributed by atoms with Crippen LogP contribution in [0.1, 0.15) is 16.8 Å². The van der Waals surface area contributed by atoms with E-state index in [0.29, 0.717) is 21.7 Å². The highest BCUT2D eigenvalue weighted by molar-refractivity contribution is 6.31. The maximum Gasteiger partial charge on any atom is 0.226 e. The molecule has 0 aliphatic heterocycles. The minimum absolute atomic E-state index is 0.281. The molecule has 0 amide bonds. The Bertz CT molecular complexity index is 921. The SMILES string of the molecule is Cc1nn(C)c(Oc2ccc(Cl)cc2)c1C=NOCc1ccccc1Cl. The molecule has 1 aromatic heterocycles. The van der Waals surface area contributed by atoms with Crippen molar-refractivity contribution in [3.8, 4) is 11.6 Å². The summed E-state index contributed by atoms with van der Waals surface area (Å²) in [5.41, 5.74) is 2.38. The van der Waals surface area contributed by atoms with E-state index < -0.39 is 0 Å². The second-order valence-corrected chi connectivity index (χ2v) is 6.43. The van der Waals surface area contributed by atoms with Gasteiger partial charge in [-0.2, -0.15) is 5.10 Å². The van der Waals surface area contributed by atoms with Crippen LogP contribution in [0.2, 0.25) is 10.0 Å². The minimum Gasteiger partial charge on any atom is -0.439 e. The van der Waals surface area contributed by atoms with Gasteiger partial charge in [-0.05, 0) is 37.3 Å². The number of nitrogens with zero attached hydrogens (tertiary/aromatic N) is 3. The summed E-state index contributed by atoms with van der Waals surface area (Å²) < 4.78 is 7.58. The normalized spacial score (nSPS) is 11.1. The zero-order valence-corrected chi connectivity index (χ0v) is 15.8. The van der Waals surface area contributed by atoms with Crippen LogP contribution >= 0.6 is 23.2 Å². The smallest absolute Gasteiger partial charge is 0.226 e. The highest BCUT2D eigenvalue weighted by Gasteiger charge is 2.14. The van der Waals surface area contributed by atoms with Crippen LogP contribution in [0, 0.1) is 6.92 Å². The molecule has 0 unspecified atom stereocenters. The molecule has 0 saturated heterocycles. The molecule has 0 fully saturated rings. The van der Waals surface area contributed by atoms with E-state index >= 15 is 0 Å². The van der Waals surface area contributed by atoms with E-state index in [4.69, 9.17) is 32.8 Å². The van der Waals surface area contributed by atoms with Crippen LogP contribution < -0.4 is 4.74 Å². The number of benzene rings is 2. The van der Waals surface area contributed by atoms with Crippen LogP contribution in [-0.2, 0) is 18.5 Å². The molecule has 134 valence electrons. The van der Waals surface area contributed by atoms with Gasteiger partial charge in [-0.3, -0.25) is 0 Å². The highest BCUT2D eigenvalue weighted by Crippen LogP contribution is 2.27. The lowest BCUT2D eigenvalue weighted by atomic mass is 10.2. The van der Waals surface area contributed by atoms with Gasteiger partial charge >= 0.3 is 0 Å². The van der Waals surface area contributed by atoms with Crippen LogP contribution in [-0.4, -0.2) is 16.0 Å². The van der Waals surface area contributed by atoms with Crippen LogP contribution in [0.3, 0.4) is 0 Å². The lowest BCUT2D eigenvalue weighted by molar-refractivity contribution is 0.132. The van der Waals surface area contributed by atoms with Crippen LogP contribution in [0.15, 0.2) is 53.7 Å². The van der Waals surface area contributed by atoms with Crippen molar-refractivity contribution in [3.05, 3.63) is 75.4 Å². The Morgan fingerprint density at radius 1 is 1.12 bits per heavy atom. The molecule has 0 spiro atoms. The molecule has 5 nitrogen and oxygen atoms in total. The maximum absolute atomic E-state index is 6.10. The van der Waals surface area contributed by atoms with E-state index in [9.17, 15) is 0 Å². The zero-order chi connectivity index (χ0) is 18.5.